The van der Waals surface area contributed by atoms with E-state index in [-0.39, 0.29) is 29.8 Å². The summed E-state index contributed by atoms with van der Waals surface area (Å²) in [4.78, 5) is 31.4. The number of carbonyl (C=O) groups is 2. The topological polar surface area (TPSA) is 66.7 Å². The van der Waals surface area contributed by atoms with Crippen LogP contribution < -0.4 is 5.32 Å². The van der Waals surface area contributed by atoms with Gasteiger partial charge in [-0.15, -0.1) is 0 Å². The van der Waals surface area contributed by atoms with Crippen LogP contribution in [0.4, 0.5) is 4.39 Å². The summed E-state index contributed by atoms with van der Waals surface area (Å²) in [5, 5.41) is 2.77. The second kappa shape index (κ2) is 8.65. The zero-order chi connectivity index (χ0) is 20.1. The van der Waals surface area contributed by atoms with Crippen molar-refractivity contribution in [1.82, 2.24) is 19.6 Å². The molecule has 28 heavy (non-hydrogen) atoms. The lowest BCUT2D eigenvalue weighted by atomic mass is 10.1. The minimum atomic E-state index is -0.390. The molecular weight excluding hydrogens is 359 g/mol. The fourth-order valence-electron chi connectivity index (χ4n) is 3.10. The number of carbonyl (C=O) groups excluding carboxylic acids is 2. The third-order valence-corrected chi connectivity index (χ3v) is 4.64. The Labute approximate surface area is 163 Å². The first-order valence-corrected chi connectivity index (χ1v) is 9.34. The molecule has 0 bridgehead atoms. The Hall–Kier alpha value is -3.22. The van der Waals surface area contributed by atoms with E-state index in [1.165, 1.54) is 6.07 Å². The Morgan fingerprint density at radius 1 is 1.11 bits per heavy atom. The van der Waals surface area contributed by atoms with Crippen LogP contribution in [0.15, 0.2) is 48.7 Å². The second-order valence-corrected chi connectivity index (χ2v) is 6.31. The van der Waals surface area contributed by atoms with E-state index in [0.717, 1.165) is 0 Å². The molecule has 0 fully saturated rings. The van der Waals surface area contributed by atoms with E-state index < -0.39 is 5.91 Å². The van der Waals surface area contributed by atoms with Crippen LogP contribution in [0.3, 0.4) is 0 Å². The number of nitrogens with zero attached hydrogens (tertiary/aromatic N) is 3. The van der Waals surface area contributed by atoms with Crippen molar-refractivity contribution in [2.75, 3.05) is 19.6 Å². The Morgan fingerprint density at radius 2 is 1.82 bits per heavy atom. The number of imidazole rings is 1. The Morgan fingerprint density at radius 3 is 2.54 bits per heavy atom. The van der Waals surface area contributed by atoms with Gasteiger partial charge in [0.2, 0.25) is 5.82 Å². The predicted molar refractivity (Wildman–Crippen MR) is 105 cm³/mol. The number of halogens is 1. The lowest BCUT2D eigenvalue weighted by Gasteiger charge is -2.17. The number of pyridine rings is 1. The molecule has 3 aromatic rings. The molecule has 0 unspecified atom stereocenters. The molecule has 2 heterocycles. The molecule has 1 N–H and O–H groups in total. The second-order valence-electron chi connectivity index (χ2n) is 6.31. The molecule has 146 valence electrons. The Balaban J connectivity index is 1.81. The SMILES string of the molecule is CCN(CC)C(=O)c1nc(C(=O)NCCc2ccccc2F)c2ccccn12. The van der Waals surface area contributed by atoms with E-state index in [9.17, 15) is 14.0 Å². The van der Waals surface area contributed by atoms with Crippen LogP contribution in [-0.4, -0.2) is 45.7 Å². The molecule has 0 aliphatic carbocycles. The maximum atomic E-state index is 13.7. The molecule has 1 aromatic carbocycles. The van der Waals surface area contributed by atoms with Gasteiger partial charge in [-0.1, -0.05) is 24.3 Å². The summed E-state index contributed by atoms with van der Waals surface area (Å²) in [6, 6.07) is 11.8. The van der Waals surface area contributed by atoms with Crippen LogP contribution >= 0.6 is 0 Å². The highest BCUT2D eigenvalue weighted by Crippen LogP contribution is 2.15. The number of amides is 2. The minimum Gasteiger partial charge on any atom is -0.350 e. The first-order chi connectivity index (χ1) is 13.6. The van der Waals surface area contributed by atoms with Crippen LogP contribution in [0.1, 0.15) is 40.5 Å². The van der Waals surface area contributed by atoms with Crippen molar-refractivity contribution in [3.05, 3.63) is 71.6 Å². The van der Waals surface area contributed by atoms with Gasteiger partial charge < -0.3 is 10.2 Å². The van der Waals surface area contributed by atoms with Crippen molar-refractivity contribution >= 4 is 17.3 Å². The van der Waals surface area contributed by atoms with Gasteiger partial charge in [0.1, 0.15) is 5.82 Å². The number of hydrogen-bond donors (Lipinski definition) is 1. The maximum Gasteiger partial charge on any atom is 0.290 e. The number of hydrogen-bond acceptors (Lipinski definition) is 3. The molecular formula is C21H23FN4O2. The smallest absolute Gasteiger partial charge is 0.290 e. The van der Waals surface area contributed by atoms with Gasteiger partial charge in [0.25, 0.3) is 11.8 Å². The lowest BCUT2D eigenvalue weighted by Crippen LogP contribution is -2.32. The molecule has 0 spiro atoms. The first-order valence-electron chi connectivity index (χ1n) is 9.34. The highest BCUT2D eigenvalue weighted by Gasteiger charge is 2.23. The van der Waals surface area contributed by atoms with E-state index in [0.29, 0.717) is 30.6 Å². The molecule has 6 nitrogen and oxygen atoms in total. The van der Waals surface area contributed by atoms with Crippen LogP contribution in [0.2, 0.25) is 0 Å². The quantitative estimate of drug-likeness (QED) is 0.683. The van der Waals surface area contributed by atoms with E-state index in [1.54, 1.807) is 51.9 Å². The summed E-state index contributed by atoms with van der Waals surface area (Å²) < 4.78 is 15.3. The lowest BCUT2D eigenvalue weighted by molar-refractivity contribution is 0.0760. The predicted octanol–water partition coefficient (Wildman–Crippen LogP) is 2.93. The summed E-state index contributed by atoms with van der Waals surface area (Å²) in [7, 11) is 0. The number of fused-ring (bicyclic) bond motifs is 1. The molecule has 2 aromatic heterocycles. The molecule has 7 heteroatoms. The van der Waals surface area contributed by atoms with Gasteiger partial charge in [0.05, 0.1) is 5.52 Å². The summed E-state index contributed by atoms with van der Waals surface area (Å²) in [6.07, 6.45) is 2.09. The van der Waals surface area contributed by atoms with E-state index in [4.69, 9.17) is 0 Å². The average molecular weight is 382 g/mol. The molecule has 0 saturated heterocycles. The van der Waals surface area contributed by atoms with Crippen molar-refractivity contribution in [2.24, 2.45) is 0 Å². The largest absolute Gasteiger partial charge is 0.350 e. The molecule has 3 rings (SSSR count). The van der Waals surface area contributed by atoms with Crippen LogP contribution in [0.25, 0.3) is 5.52 Å². The van der Waals surface area contributed by atoms with Gasteiger partial charge in [-0.2, -0.15) is 0 Å². The summed E-state index contributed by atoms with van der Waals surface area (Å²) >= 11 is 0. The summed E-state index contributed by atoms with van der Waals surface area (Å²) in [5.74, 6) is -0.704. The molecule has 0 saturated carbocycles. The zero-order valence-electron chi connectivity index (χ0n) is 16.0. The number of rotatable bonds is 7. The van der Waals surface area contributed by atoms with Crippen molar-refractivity contribution in [1.29, 1.82) is 0 Å². The fraction of sp³-hybridized carbons (Fsp3) is 0.286. The highest BCUT2D eigenvalue weighted by atomic mass is 19.1. The minimum absolute atomic E-state index is 0.185. The van der Waals surface area contributed by atoms with E-state index >= 15 is 0 Å². The third-order valence-electron chi connectivity index (χ3n) is 4.64. The molecule has 0 aliphatic heterocycles. The third kappa shape index (κ3) is 3.88. The van der Waals surface area contributed by atoms with Gasteiger partial charge >= 0.3 is 0 Å². The summed E-state index contributed by atoms with van der Waals surface area (Å²) in [5.41, 5.74) is 1.28. The van der Waals surface area contributed by atoms with Crippen molar-refractivity contribution in [2.45, 2.75) is 20.3 Å². The van der Waals surface area contributed by atoms with Crippen molar-refractivity contribution < 1.29 is 14.0 Å². The maximum absolute atomic E-state index is 13.7. The molecule has 0 radical (unpaired) electrons. The number of aromatic nitrogens is 2. The van der Waals surface area contributed by atoms with Crippen molar-refractivity contribution in [3.63, 3.8) is 0 Å². The van der Waals surface area contributed by atoms with Crippen LogP contribution in [0.5, 0.6) is 0 Å². The number of benzene rings is 1. The summed E-state index contributed by atoms with van der Waals surface area (Å²) in [6.45, 7) is 5.18. The average Bonchev–Trinajstić information content (AvgIpc) is 3.10. The fourth-order valence-corrected chi connectivity index (χ4v) is 3.10. The number of nitrogens with one attached hydrogen (secondary N) is 1. The molecule has 2 amide bonds. The normalized spacial score (nSPS) is 10.8. The van der Waals surface area contributed by atoms with Crippen LogP contribution in [0, 0.1) is 5.82 Å². The van der Waals surface area contributed by atoms with Gasteiger partial charge in [-0.25, -0.2) is 9.37 Å². The standard InChI is InChI=1S/C21H23FN4O2/c1-3-25(4-2)21(28)19-24-18(17-11-7-8-14-26(17)19)20(27)23-13-12-15-9-5-6-10-16(15)22/h5-11,14H,3-4,12-13H2,1-2H3,(H,23,27). The Bertz CT molecular complexity index is 995. The monoisotopic (exact) mass is 382 g/mol. The van der Waals surface area contributed by atoms with Gasteiger partial charge in [0, 0.05) is 25.8 Å². The highest BCUT2D eigenvalue weighted by molar-refractivity contribution is 6.02. The van der Waals surface area contributed by atoms with Crippen LogP contribution in [-0.2, 0) is 6.42 Å². The first kappa shape index (κ1) is 19.5. The van der Waals surface area contributed by atoms with Crippen molar-refractivity contribution in [3.8, 4) is 0 Å². The molecule has 0 aliphatic rings. The molecule has 0 atom stereocenters. The van der Waals surface area contributed by atoms with Gasteiger partial charge in [-0.05, 0) is 44.0 Å². The van der Waals surface area contributed by atoms with Gasteiger partial charge in [0.15, 0.2) is 5.69 Å². The van der Waals surface area contributed by atoms with E-state index in [2.05, 4.69) is 10.3 Å². The van der Waals surface area contributed by atoms with E-state index in [1.807, 2.05) is 13.8 Å². The van der Waals surface area contributed by atoms with Gasteiger partial charge in [-0.3, -0.25) is 14.0 Å². The zero-order valence-corrected chi connectivity index (χ0v) is 16.0. The Kier molecular flexibility index (Phi) is 6.03.